The van der Waals surface area contributed by atoms with E-state index in [1.165, 1.54) is 0 Å². The number of nitrogens with two attached hydrogens (primary N) is 1. The first kappa shape index (κ1) is 9.27. The molecule has 0 amide bonds. The Morgan fingerprint density at radius 1 is 1.67 bits per heavy atom. The smallest absolute Gasteiger partial charge is 0.0480 e. The first-order valence-corrected chi connectivity index (χ1v) is 3.88. The fourth-order valence-electron chi connectivity index (χ4n) is 0.470. The van der Waals surface area contributed by atoms with E-state index in [9.17, 15) is 0 Å². The standard InChI is InChI=1S/C6H15NOS/c1-2-8-4-3-6(7)5-9/h6,9H,2-5,7H2,1H3/t6-/m0/s1. The van der Waals surface area contributed by atoms with Crippen LogP contribution in [0.2, 0.25) is 0 Å². The van der Waals surface area contributed by atoms with E-state index < -0.39 is 0 Å². The predicted molar refractivity (Wildman–Crippen MR) is 42.9 cm³/mol. The molecule has 0 aliphatic heterocycles. The highest BCUT2D eigenvalue weighted by molar-refractivity contribution is 7.80. The molecule has 2 nitrogen and oxygen atoms in total. The van der Waals surface area contributed by atoms with Crippen LogP contribution in [0.3, 0.4) is 0 Å². The van der Waals surface area contributed by atoms with Crippen LogP contribution in [-0.2, 0) is 4.74 Å². The van der Waals surface area contributed by atoms with Gasteiger partial charge in [-0.3, -0.25) is 0 Å². The summed E-state index contributed by atoms with van der Waals surface area (Å²) in [6.07, 6.45) is 0.914. The third kappa shape index (κ3) is 6.15. The van der Waals surface area contributed by atoms with E-state index in [1.807, 2.05) is 6.92 Å². The van der Waals surface area contributed by atoms with Crippen LogP contribution < -0.4 is 5.73 Å². The summed E-state index contributed by atoms with van der Waals surface area (Å²) in [6, 6.07) is 0.194. The lowest BCUT2D eigenvalue weighted by atomic mass is 10.3. The average Bonchev–Trinajstić information content (AvgIpc) is 1.89. The maximum absolute atomic E-state index is 5.56. The van der Waals surface area contributed by atoms with Crippen LogP contribution in [0.4, 0.5) is 0 Å². The molecule has 0 bridgehead atoms. The van der Waals surface area contributed by atoms with Crippen molar-refractivity contribution >= 4 is 12.6 Å². The Hall–Kier alpha value is 0.270. The molecule has 0 heterocycles. The number of hydrogen-bond acceptors (Lipinski definition) is 3. The summed E-state index contributed by atoms with van der Waals surface area (Å²) in [5.74, 6) is 0.743. The SMILES string of the molecule is CCOCC[C@H](N)CS. The molecule has 0 unspecified atom stereocenters. The summed E-state index contributed by atoms with van der Waals surface area (Å²) in [7, 11) is 0. The minimum atomic E-state index is 0.194. The quantitative estimate of drug-likeness (QED) is 0.445. The number of rotatable bonds is 5. The molecule has 0 aliphatic carbocycles. The van der Waals surface area contributed by atoms with Crippen LogP contribution in [-0.4, -0.2) is 25.0 Å². The molecule has 0 aliphatic rings. The second-order valence-electron chi connectivity index (χ2n) is 1.93. The lowest BCUT2D eigenvalue weighted by Crippen LogP contribution is -2.23. The van der Waals surface area contributed by atoms with Gasteiger partial charge >= 0.3 is 0 Å². The van der Waals surface area contributed by atoms with Crippen molar-refractivity contribution in [2.24, 2.45) is 5.73 Å². The molecular formula is C6H15NOS. The summed E-state index contributed by atoms with van der Waals surface area (Å²) in [4.78, 5) is 0. The summed E-state index contributed by atoms with van der Waals surface area (Å²) < 4.78 is 5.09. The fourth-order valence-corrected chi connectivity index (χ4v) is 0.653. The third-order valence-corrected chi connectivity index (χ3v) is 1.54. The Labute approximate surface area is 62.2 Å². The van der Waals surface area contributed by atoms with Crippen molar-refractivity contribution in [1.29, 1.82) is 0 Å². The van der Waals surface area contributed by atoms with Gasteiger partial charge in [0.1, 0.15) is 0 Å². The maximum atomic E-state index is 5.56. The molecule has 9 heavy (non-hydrogen) atoms. The van der Waals surface area contributed by atoms with E-state index in [-0.39, 0.29) is 6.04 Å². The van der Waals surface area contributed by atoms with Gasteiger partial charge in [0.05, 0.1) is 0 Å². The Balaban J connectivity index is 2.88. The minimum Gasteiger partial charge on any atom is -0.382 e. The molecule has 1 atom stereocenters. The van der Waals surface area contributed by atoms with E-state index in [0.29, 0.717) is 0 Å². The number of thiol groups is 1. The molecule has 0 aromatic carbocycles. The molecule has 0 rings (SSSR count). The van der Waals surface area contributed by atoms with Crippen molar-refractivity contribution in [3.63, 3.8) is 0 Å². The molecule has 3 heteroatoms. The first-order chi connectivity index (χ1) is 4.31. The summed E-state index contributed by atoms with van der Waals surface area (Å²) >= 11 is 4.04. The van der Waals surface area contributed by atoms with E-state index in [0.717, 1.165) is 25.4 Å². The summed E-state index contributed by atoms with van der Waals surface area (Å²) in [5.41, 5.74) is 5.56. The molecule has 0 saturated heterocycles. The average molecular weight is 149 g/mol. The number of hydrogen-bond donors (Lipinski definition) is 2. The minimum absolute atomic E-state index is 0.194. The Morgan fingerprint density at radius 2 is 2.33 bits per heavy atom. The van der Waals surface area contributed by atoms with Gasteiger partial charge in [0, 0.05) is 25.0 Å². The summed E-state index contributed by atoms with van der Waals surface area (Å²) in [5, 5.41) is 0. The Morgan fingerprint density at radius 3 is 2.78 bits per heavy atom. The van der Waals surface area contributed by atoms with Crippen molar-refractivity contribution < 1.29 is 4.74 Å². The van der Waals surface area contributed by atoms with Gasteiger partial charge in [-0.05, 0) is 13.3 Å². The van der Waals surface area contributed by atoms with Gasteiger partial charge in [0.15, 0.2) is 0 Å². The van der Waals surface area contributed by atoms with Crippen LogP contribution in [0.15, 0.2) is 0 Å². The maximum Gasteiger partial charge on any atom is 0.0480 e. The van der Waals surface area contributed by atoms with E-state index in [2.05, 4.69) is 12.6 Å². The van der Waals surface area contributed by atoms with E-state index >= 15 is 0 Å². The van der Waals surface area contributed by atoms with Gasteiger partial charge in [0.2, 0.25) is 0 Å². The van der Waals surface area contributed by atoms with Crippen molar-refractivity contribution in [3.8, 4) is 0 Å². The lowest BCUT2D eigenvalue weighted by molar-refractivity contribution is 0.141. The molecular weight excluding hydrogens is 134 g/mol. The number of ether oxygens (including phenoxy) is 1. The molecule has 0 radical (unpaired) electrons. The van der Waals surface area contributed by atoms with Crippen LogP contribution >= 0.6 is 12.6 Å². The Kier molecular flexibility index (Phi) is 6.58. The molecule has 56 valence electrons. The lowest BCUT2D eigenvalue weighted by Gasteiger charge is -2.06. The molecule has 0 spiro atoms. The zero-order valence-electron chi connectivity index (χ0n) is 5.84. The molecule has 0 saturated carbocycles. The van der Waals surface area contributed by atoms with E-state index in [4.69, 9.17) is 10.5 Å². The fraction of sp³-hybridized carbons (Fsp3) is 1.00. The van der Waals surface area contributed by atoms with Gasteiger partial charge < -0.3 is 10.5 Å². The highest BCUT2D eigenvalue weighted by atomic mass is 32.1. The molecule has 2 N–H and O–H groups in total. The Bertz CT molecular complexity index is 61.0. The molecule has 0 aromatic rings. The zero-order valence-corrected chi connectivity index (χ0v) is 6.73. The van der Waals surface area contributed by atoms with Gasteiger partial charge in [-0.2, -0.15) is 12.6 Å². The second kappa shape index (κ2) is 6.39. The second-order valence-corrected chi connectivity index (χ2v) is 2.29. The molecule has 0 fully saturated rings. The van der Waals surface area contributed by atoms with Gasteiger partial charge in [-0.15, -0.1) is 0 Å². The van der Waals surface area contributed by atoms with Crippen LogP contribution in [0.25, 0.3) is 0 Å². The molecule has 0 aromatic heterocycles. The van der Waals surface area contributed by atoms with Crippen molar-refractivity contribution in [3.05, 3.63) is 0 Å². The first-order valence-electron chi connectivity index (χ1n) is 3.25. The largest absolute Gasteiger partial charge is 0.382 e. The van der Waals surface area contributed by atoms with Crippen molar-refractivity contribution in [2.45, 2.75) is 19.4 Å². The van der Waals surface area contributed by atoms with Crippen LogP contribution in [0.5, 0.6) is 0 Å². The van der Waals surface area contributed by atoms with Crippen molar-refractivity contribution in [2.75, 3.05) is 19.0 Å². The normalized spacial score (nSPS) is 13.7. The highest BCUT2D eigenvalue weighted by Gasteiger charge is 1.96. The monoisotopic (exact) mass is 149 g/mol. The summed E-state index contributed by atoms with van der Waals surface area (Å²) in [6.45, 7) is 3.52. The van der Waals surface area contributed by atoms with E-state index in [1.54, 1.807) is 0 Å². The topological polar surface area (TPSA) is 35.2 Å². The van der Waals surface area contributed by atoms with Gasteiger partial charge in [-0.1, -0.05) is 0 Å². The van der Waals surface area contributed by atoms with Crippen LogP contribution in [0, 0.1) is 0 Å². The zero-order chi connectivity index (χ0) is 7.11. The van der Waals surface area contributed by atoms with Gasteiger partial charge in [-0.25, -0.2) is 0 Å². The third-order valence-electron chi connectivity index (χ3n) is 1.07. The van der Waals surface area contributed by atoms with Crippen LogP contribution in [0.1, 0.15) is 13.3 Å². The van der Waals surface area contributed by atoms with Gasteiger partial charge in [0.25, 0.3) is 0 Å². The highest BCUT2D eigenvalue weighted by Crippen LogP contribution is 1.90. The van der Waals surface area contributed by atoms with Crippen molar-refractivity contribution in [1.82, 2.24) is 0 Å². The predicted octanol–water partition coefficient (Wildman–Crippen LogP) is 0.670.